The van der Waals surface area contributed by atoms with Gasteiger partial charge in [0.15, 0.2) is 10.0 Å². The SMILES string of the molecule is Cc1ccc(S(=O)(=O)/C(C#N)=C\NC(=S)Nc2ccc(S(N)(=O)=O)cc2)cc1. The summed E-state index contributed by atoms with van der Waals surface area (Å²) in [6.07, 6.45) is 0.989. The van der Waals surface area contributed by atoms with Crippen LogP contribution in [0.3, 0.4) is 0 Å². The highest BCUT2D eigenvalue weighted by molar-refractivity contribution is 7.95. The lowest BCUT2D eigenvalue weighted by atomic mass is 10.2. The summed E-state index contributed by atoms with van der Waals surface area (Å²) in [5, 5.41) is 19.5. The van der Waals surface area contributed by atoms with Crippen molar-refractivity contribution < 1.29 is 16.8 Å². The number of hydrogen-bond donors (Lipinski definition) is 3. The first-order valence-electron chi connectivity index (χ1n) is 7.66. The molecule has 0 aliphatic heterocycles. The fourth-order valence-electron chi connectivity index (χ4n) is 2.04. The fourth-order valence-corrected chi connectivity index (χ4v) is 3.82. The number of nitrogens with one attached hydrogen (secondary N) is 2. The summed E-state index contributed by atoms with van der Waals surface area (Å²) in [5.41, 5.74) is 1.33. The molecular formula is C17H16N4O4S3. The monoisotopic (exact) mass is 436 g/mol. The van der Waals surface area contributed by atoms with Crippen LogP contribution in [-0.2, 0) is 19.9 Å². The summed E-state index contributed by atoms with van der Waals surface area (Å²) in [5.74, 6) is 0. The summed E-state index contributed by atoms with van der Waals surface area (Å²) in [6.45, 7) is 1.82. The van der Waals surface area contributed by atoms with E-state index in [1.165, 1.54) is 36.4 Å². The number of allylic oxidation sites excluding steroid dienone is 1. The summed E-state index contributed by atoms with van der Waals surface area (Å²) in [7, 11) is -7.80. The number of nitrogens with zero attached hydrogens (tertiary/aromatic N) is 1. The highest BCUT2D eigenvalue weighted by Gasteiger charge is 2.20. The molecule has 4 N–H and O–H groups in total. The molecule has 0 spiro atoms. The van der Waals surface area contributed by atoms with Gasteiger partial charge in [-0.15, -0.1) is 0 Å². The first-order chi connectivity index (χ1) is 13.0. The fraction of sp³-hybridized carbons (Fsp3) is 0.0588. The van der Waals surface area contributed by atoms with Crippen molar-refractivity contribution >= 4 is 42.9 Å². The summed E-state index contributed by atoms with van der Waals surface area (Å²) < 4.78 is 47.5. The van der Waals surface area contributed by atoms with Crippen LogP contribution in [0.5, 0.6) is 0 Å². The van der Waals surface area contributed by atoms with Gasteiger partial charge in [-0.25, -0.2) is 22.0 Å². The summed E-state index contributed by atoms with van der Waals surface area (Å²) in [4.78, 5) is -0.581. The van der Waals surface area contributed by atoms with E-state index in [1.807, 2.05) is 6.92 Å². The average Bonchev–Trinajstić information content (AvgIpc) is 2.62. The largest absolute Gasteiger partial charge is 0.337 e. The Hall–Kier alpha value is -2.78. The van der Waals surface area contributed by atoms with Gasteiger partial charge in [0.05, 0.1) is 9.79 Å². The molecule has 0 atom stereocenters. The van der Waals surface area contributed by atoms with Gasteiger partial charge in [0.2, 0.25) is 19.9 Å². The van der Waals surface area contributed by atoms with Gasteiger partial charge in [0, 0.05) is 11.9 Å². The molecule has 0 amide bonds. The van der Waals surface area contributed by atoms with Crippen molar-refractivity contribution in [1.82, 2.24) is 5.32 Å². The number of sulfonamides is 1. The molecule has 0 aliphatic rings. The quantitative estimate of drug-likeness (QED) is 0.475. The number of thiocarbonyl (C=S) groups is 1. The van der Waals surface area contributed by atoms with Gasteiger partial charge in [-0.1, -0.05) is 17.7 Å². The van der Waals surface area contributed by atoms with Crippen LogP contribution in [0.1, 0.15) is 5.56 Å². The Kier molecular flexibility index (Phi) is 6.52. The number of rotatable bonds is 5. The van der Waals surface area contributed by atoms with Crippen molar-refractivity contribution in [3.63, 3.8) is 0 Å². The van der Waals surface area contributed by atoms with Gasteiger partial charge in [-0.2, -0.15) is 5.26 Å². The predicted octanol–water partition coefficient (Wildman–Crippen LogP) is 1.77. The standard InChI is InChI=1S/C17H16N4O4S3/c1-12-2-6-14(7-3-12)27(22,23)16(10-18)11-20-17(26)21-13-4-8-15(9-5-13)28(19,24)25/h2-9,11H,1H3,(H2,19,24,25)(H2,20,21,26)/b16-11-. The van der Waals surface area contributed by atoms with Crippen LogP contribution >= 0.6 is 12.2 Å². The second-order valence-corrected chi connectivity index (χ2v) is 9.49. The van der Waals surface area contributed by atoms with Crippen molar-refractivity contribution in [2.45, 2.75) is 16.7 Å². The number of benzene rings is 2. The maximum Gasteiger partial charge on any atom is 0.238 e. The maximum atomic E-state index is 12.5. The molecule has 0 fully saturated rings. The molecule has 0 aromatic heterocycles. The third kappa shape index (κ3) is 5.37. The molecule has 146 valence electrons. The third-order valence-electron chi connectivity index (χ3n) is 3.51. The molecule has 2 aromatic rings. The van der Waals surface area contributed by atoms with Crippen molar-refractivity contribution in [1.29, 1.82) is 5.26 Å². The molecule has 2 rings (SSSR count). The maximum absolute atomic E-state index is 12.5. The molecule has 0 saturated heterocycles. The summed E-state index contributed by atoms with van der Waals surface area (Å²) >= 11 is 5.05. The number of nitriles is 1. The molecule has 2 aromatic carbocycles. The predicted molar refractivity (Wildman–Crippen MR) is 109 cm³/mol. The van der Waals surface area contributed by atoms with Gasteiger partial charge in [-0.3, -0.25) is 0 Å². The van der Waals surface area contributed by atoms with E-state index < -0.39 is 24.8 Å². The molecule has 8 nitrogen and oxygen atoms in total. The van der Waals surface area contributed by atoms with Gasteiger partial charge < -0.3 is 10.6 Å². The molecule has 0 heterocycles. The van der Waals surface area contributed by atoms with E-state index in [2.05, 4.69) is 10.6 Å². The highest BCUT2D eigenvalue weighted by Crippen LogP contribution is 2.19. The Labute approximate surface area is 168 Å². The van der Waals surface area contributed by atoms with Gasteiger partial charge in [-0.05, 0) is 55.5 Å². The van der Waals surface area contributed by atoms with Crippen LogP contribution < -0.4 is 15.8 Å². The van der Waals surface area contributed by atoms with E-state index in [-0.39, 0.29) is 14.9 Å². The molecule has 11 heteroatoms. The Balaban J connectivity index is 2.13. The molecule has 0 aliphatic carbocycles. The van der Waals surface area contributed by atoms with E-state index in [0.717, 1.165) is 11.8 Å². The third-order valence-corrected chi connectivity index (χ3v) is 6.34. The van der Waals surface area contributed by atoms with Crippen molar-refractivity contribution in [2.24, 2.45) is 5.14 Å². The number of hydrogen-bond acceptors (Lipinski definition) is 6. The van der Waals surface area contributed by atoms with Crippen LogP contribution in [-0.4, -0.2) is 21.9 Å². The zero-order valence-corrected chi connectivity index (χ0v) is 17.0. The van der Waals surface area contributed by atoms with Crippen LogP contribution in [0.2, 0.25) is 0 Å². The Morgan fingerprint density at radius 3 is 2.07 bits per heavy atom. The van der Waals surface area contributed by atoms with E-state index in [9.17, 15) is 22.1 Å². The molecule has 28 heavy (non-hydrogen) atoms. The lowest BCUT2D eigenvalue weighted by Crippen LogP contribution is -2.24. The molecule has 0 bridgehead atoms. The first kappa shape index (κ1) is 21.5. The smallest absolute Gasteiger partial charge is 0.238 e. The lowest BCUT2D eigenvalue weighted by Gasteiger charge is -2.09. The number of anilines is 1. The van der Waals surface area contributed by atoms with Crippen LogP contribution in [0.25, 0.3) is 0 Å². The topological polar surface area (TPSA) is 142 Å². The van der Waals surface area contributed by atoms with E-state index in [0.29, 0.717) is 5.69 Å². The Morgan fingerprint density at radius 1 is 1.04 bits per heavy atom. The van der Waals surface area contributed by atoms with E-state index in [1.54, 1.807) is 18.2 Å². The van der Waals surface area contributed by atoms with Crippen molar-refractivity contribution in [3.05, 3.63) is 65.2 Å². The van der Waals surface area contributed by atoms with E-state index in [4.69, 9.17) is 17.4 Å². The van der Waals surface area contributed by atoms with Crippen LogP contribution in [0.4, 0.5) is 5.69 Å². The average molecular weight is 437 g/mol. The van der Waals surface area contributed by atoms with Crippen molar-refractivity contribution in [3.8, 4) is 6.07 Å². The number of sulfone groups is 1. The van der Waals surface area contributed by atoms with Crippen molar-refractivity contribution in [2.75, 3.05) is 5.32 Å². The minimum absolute atomic E-state index is 0.00911. The lowest BCUT2D eigenvalue weighted by molar-refractivity contribution is 0.597. The second kappa shape index (κ2) is 8.49. The van der Waals surface area contributed by atoms with Gasteiger partial charge in [0.25, 0.3) is 0 Å². The molecule has 0 saturated carbocycles. The van der Waals surface area contributed by atoms with Crippen LogP contribution in [0.15, 0.2) is 69.4 Å². The molecular weight excluding hydrogens is 420 g/mol. The Bertz CT molecular complexity index is 1160. The Morgan fingerprint density at radius 2 is 1.57 bits per heavy atom. The normalized spacial score (nSPS) is 12.1. The zero-order valence-electron chi connectivity index (χ0n) is 14.6. The number of nitrogens with two attached hydrogens (primary N) is 1. The summed E-state index contributed by atoms with van der Waals surface area (Å²) in [6, 6.07) is 13.2. The van der Waals surface area contributed by atoms with E-state index >= 15 is 0 Å². The molecule has 0 radical (unpaired) electrons. The van der Waals surface area contributed by atoms with Crippen LogP contribution in [0, 0.1) is 18.3 Å². The zero-order chi connectivity index (χ0) is 20.9. The molecule has 0 unspecified atom stereocenters. The minimum Gasteiger partial charge on any atom is -0.337 e. The first-order valence-corrected chi connectivity index (χ1v) is 11.1. The minimum atomic E-state index is -3.99. The number of primary sulfonamides is 1. The second-order valence-electron chi connectivity index (χ2n) is 5.60. The number of aryl methyl sites for hydroxylation is 1. The highest BCUT2D eigenvalue weighted by atomic mass is 32.2. The van der Waals surface area contributed by atoms with Gasteiger partial charge >= 0.3 is 0 Å². The van der Waals surface area contributed by atoms with Gasteiger partial charge in [0.1, 0.15) is 6.07 Å².